The number of rotatable bonds is 4. The van der Waals surface area contributed by atoms with Gasteiger partial charge in [0.2, 0.25) is 0 Å². The monoisotopic (exact) mass is 318 g/mol. The Bertz CT molecular complexity index is 375. The molecule has 1 heteroatoms. The first kappa shape index (κ1) is 21.9. The molecule has 0 heterocycles. The summed E-state index contributed by atoms with van der Waals surface area (Å²) in [5, 5.41) is 0. The minimum Gasteiger partial charge on any atom is -0.299 e. The third kappa shape index (κ3) is 6.12. The molecule has 4 atom stereocenters. The summed E-state index contributed by atoms with van der Waals surface area (Å²) in [7, 11) is 0. The zero-order chi connectivity index (χ0) is 17.9. The molecule has 1 fully saturated rings. The number of unbranched alkanes of at least 4 members (excludes halogenated alkanes) is 1. The summed E-state index contributed by atoms with van der Waals surface area (Å²) in [5.41, 5.74) is 2.38. The molecular weight excluding hydrogens is 280 g/mol. The molecule has 2 rings (SSSR count). The van der Waals surface area contributed by atoms with Crippen LogP contribution in [0, 0.1) is 23.2 Å². The summed E-state index contributed by atoms with van der Waals surface area (Å²) >= 11 is 0. The van der Waals surface area contributed by atoms with Gasteiger partial charge in [-0.1, -0.05) is 58.8 Å². The van der Waals surface area contributed by atoms with Crippen LogP contribution in [0.15, 0.2) is 37.5 Å². The van der Waals surface area contributed by atoms with Gasteiger partial charge in [0.25, 0.3) is 0 Å². The van der Waals surface area contributed by atoms with Crippen molar-refractivity contribution in [3.8, 4) is 0 Å². The lowest BCUT2D eigenvalue weighted by atomic mass is 9.56. The fourth-order valence-corrected chi connectivity index (χ4v) is 4.17. The van der Waals surface area contributed by atoms with E-state index in [9.17, 15) is 0 Å². The van der Waals surface area contributed by atoms with Gasteiger partial charge < -0.3 is 0 Å². The van der Waals surface area contributed by atoms with Crippen LogP contribution in [-0.4, -0.2) is 6.29 Å². The fourth-order valence-electron chi connectivity index (χ4n) is 4.17. The van der Waals surface area contributed by atoms with Crippen LogP contribution in [0.2, 0.25) is 0 Å². The molecule has 0 aromatic heterocycles. The number of carbonyl (C=O) groups excluding carboxylic acids is 1. The average Bonchev–Trinajstić information content (AvgIpc) is 2.58. The highest BCUT2D eigenvalue weighted by Crippen LogP contribution is 2.54. The first-order valence-corrected chi connectivity index (χ1v) is 9.26. The first-order chi connectivity index (χ1) is 11.0. The molecule has 132 valence electrons. The molecule has 0 N–H and O–H groups in total. The average molecular weight is 319 g/mol. The number of fused-ring (bicyclic) bond motifs is 1. The molecule has 0 aromatic rings. The van der Waals surface area contributed by atoms with E-state index in [2.05, 4.69) is 53.5 Å². The normalized spacial score (nSPS) is 32.0. The molecule has 0 bridgehead atoms. The molecular formula is C22H38O. The van der Waals surface area contributed by atoms with Crippen molar-refractivity contribution in [1.82, 2.24) is 0 Å². The second-order valence-electron chi connectivity index (χ2n) is 7.30. The Morgan fingerprint density at radius 2 is 1.91 bits per heavy atom. The van der Waals surface area contributed by atoms with E-state index in [4.69, 9.17) is 4.79 Å². The summed E-state index contributed by atoms with van der Waals surface area (Å²) < 4.78 is 0. The molecule has 2 aliphatic carbocycles. The molecule has 2 aliphatic rings. The first-order valence-electron chi connectivity index (χ1n) is 9.26. The van der Waals surface area contributed by atoms with Crippen LogP contribution in [0.4, 0.5) is 0 Å². The lowest BCUT2D eigenvalue weighted by molar-refractivity contribution is -0.104. The summed E-state index contributed by atoms with van der Waals surface area (Å²) in [5.74, 6) is 2.74. The standard InChI is InChI=1S/C17H30.C3H4O.C2H4/c1-5-6-11-17(4)14(3)8-9-15-12-13(2)7-10-16(15)17;1-2-3-4;1-2/h10,13-15H,5-9,11-12H2,1-4H3;2-3H,1H2;1-2H2/t13?,14?,15?,17-;;/m1../s1. The SMILES string of the molecule is C=C.C=CC=O.CCCC[C@@]1(C)C2=CCC(C)CC2CCC1C. The molecule has 0 radical (unpaired) electrons. The maximum absolute atomic E-state index is 9.06. The predicted octanol–water partition coefficient (Wildman–Crippen LogP) is 6.76. The summed E-state index contributed by atoms with van der Waals surface area (Å²) in [6, 6.07) is 0. The van der Waals surface area contributed by atoms with E-state index < -0.39 is 0 Å². The molecule has 0 aromatic carbocycles. The van der Waals surface area contributed by atoms with Gasteiger partial charge in [0.1, 0.15) is 6.29 Å². The van der Waals surface area contributed by atoms with Gasteiger partial charge in [-0.3, -0.25) is 4.79 Å². The van der Waals surface area contributed by atoms with Gasteiger partial charge in [0.15, 0.2) is 0 Å². The van der Waals surface area contributed by atoms with Crippen LogP contribution in [-0.2, 0) is 4.79 Å². The number of hydrogen-bond acceptors (Lipinski definition) is 1. The molecule has 23 heavy (non-hydrogen) atoms. The lowest BCUT2D eigenvalue weighted by Crippen LogP contribution is -2.38. The highest BCUT2D eigenvalue weighted by Gasteiger charge is 2.42. The molecule has 0 saturated heterocycles. The Morgan fingerprint density at radius 1 is 1.30 bits per heavy atom. The topological polar surface area (TPSA) is 17.1 Å². The van der Waals surface area contributed by atoms with Crippen LogP contribution < -0.4 is 0 Å². The van der Waals surface area contributed by atoms with Gasteiger partial charge in [0.05, 0.1) is 0 Å². The van der Waals surface area contributed by atoms with Crippen molar-refractivity contribution in [2.45, 2.75) is 72.6 Å². The predicted molar refractivity (Wildman–Crippen MR) is 104 cm³/mol. The van der Waals surface area contributed by atoms with E-state index in [1.165, 1.54) is 51.0 Å². The molecule has 1 nitrogen and oxygen atoms in total. The lowest BCUT2D eigenvalue weighted by Gasteiger charge is -2.49. The van der Waals surface area contributed by atoms with Gasteiger partial charge in [0, 0.05) is 0 Å². The Morgan fingerprint density at radius 3 is 2.43 bits per heavy atom. The fraction of sp³-hybridized carbons (Fsp3) is 0.682. The third-order valence-corrected chi connectivity index (χ3v) is 5.71. The molecule has 1 saturated carbocycles. The summed E-state index contributed by atoms with van der Waals surface area (Å²) in [6.07, 6.45) is 14.3. The van der Waals surface area contributed by atoms with Crippen molar-refractivity contribution in [3.05, 3.63) is 37.5 Å². The summed E-state index contributed by atoms with van der Waals surface area (Å²) in [4.78, 5) is 9.06. The van der Waals surface area contributed by atoms with Gasteiger partial charge in [-0.15, -0.1) is 13.2 Å². The maximum atomic E-state index is 9.06. The second kappa shape index (κ2) is 11.4. The highest BCUT2D eigenvalue weighted by atomic mass is 16.1. The van der Waals surface area contributed by atoms with E-state index in [1.807, 2.05) is 5.57 Å². The Kier molecular flexibility index (Phi) is 10.9. The van der Waals surface area contributed by atoms with Crippen LogP contribution in [0.5, 0.6) is 0 Å². The van der Waals surface area contributed by atoms with Gasteiger partial charge in [-0.25, -0.2) is 0 Å². The number of aldehydes is 1. The van der Waals surface area contributed by atoms with E-state index in [1.54, 1.807) is 0 Å². The quantitative estimate of drug-likeness (QED) is 0.318. The van der Waals surface area contributed by atoms with E-state index in [0.717, 1.165) is 17.8 Å². The van der Waals surface area contributed by atoms with Gasteiger partial charge >= 0.3 is 0 Å². The Hall–Kier alpha value is -1.11. The minimum atomic E-state index is 0.527. The van der Waals surface area contributed by atoms with Crippen molar-refractivity contribution in [3.63, 3.8) is 0 Å². The van der Waals surface area contributed by atoms with Crippen molar-refractivity contribution in [2.24, 2.45) is 23.2 Å². The van der Waals surface area contributed by atoms with Gasteiger partial charge in [-0.2, -0.15) is 0 Å². The second-order valence-corrected chi connectivity index (χ2v) is 7.30. The van der Waals surface area contributed by atoms with Crippen LogP contribution in [0.1, 0.15) is 72.6 Å². The third-order valence-electron chi connectivity index (χ3n) is 5.71. The largest absolute Gasteiger partial charge is 0.299 e. The van der Waals surface area contributed by atoms with Crippen molar-refractivity contribution < 1.29 is 4.79 Å². The van der Waals surface area contributed by atoms with Crippen molar-refractivity contribution in [1.29, 1.82) is 0 Å². The molecule has 0 aliphatic heterocycles. The molecule has 3 unspecified atom stereocenters. The number of carbonyl (C=O) groups is 1. The maximum Gasteiger partial charge on any atom is 0.142 e. The Balaban J connectivity index is 0.000000705. The van der Waals surface area contributed by atoms with Crippen molar-refractivity contribution >= 4 is 6.29 Å². The molecule has 0 spiro atoms. The van der Waals surface area contributed by atoms with E-state index in [-0.39, 0.29) is 0 Å². The summed E-state index contributed by atoms with van der Waals surface area (Å²) in [6.45, 7) is 18.9. The van der Waals surface area contributed by atoms with Gasteiger partial charge in [-0.05, 0) is 61.3 Å². The number of allylic oxidation sites excluding steroid dienone is 3. The highest BCUT2D eigenvalue weighted by molar-refractivity contribution is 5.63. The zero-order valence-corrected chi connectivity index (χ0v) is 15.9. The van der Waals surface area contributed by atoms with Crippen molar-refractivity contribution in [2.75, 3.05) is 0 Å². The van der Waals surface area contributed by atoms with Crippen LogP contribution >= 0.6 is 0 Å². The zero-order valence-electron chi connectivity index (χ0n) is 15.9. The van der Waals surface area contributed by atoms with Crippen LogP contribution in [0.3, 0.4) is 0 Å². The Labute approximate surface area is 144 Å². The van der Waals surface area contributed by atoms with Crippen LogP contribution in [0.25, 0.3) is 0 Å². The number of hydrogen-bond donors (Lipinski definition) is 0. The smallest absolute Gasteiger partial charge is 0.142 e. The van der Waals surface area contributed by atoms with E-state index in [0.29, 0.717) is 11.7 Å². The minimum absolute atomic E-state index is 0.527. The van der Waals surface area contributed by atoms with E-state index >= 15 is 0 Å². The molecule has 0 amide bonds.